The maximum absolute atomic E-state index is 12.3. The average molecular weight is 261 g/mol. The fourth-order valence-electron chi connectivity index (χ4n) is 1.17. The molecule has 1 aromatic rings. The highest BCUT2D eigenvalue weighted by molar-refractivity contribution is 6.34. The zero-order valence-corrected chi connectivity index (χ0v) is 9.28. The van der Waals surface area contributed by atoms with Crippen LogP contribution in [0, 0.1) is 0 Å². The number of halogens is 3. The van der Waals surface area contributed by atoms with E-state index in [-0.39, 0.29) is 5.69 Å². The molecule has 0 bridgehead atoms. The molecule has 0 radical (unpaired) electrons. The summed E-state index contributed by atoms with van der Waals surface area (Å²) in [7, 11) is 0. The molecule has 98 valence electrons. The van der Waals surface area contributed by atoms with Gasteiger partial charge < -0.3 is 11.1 Å². The number of carbonyl (C=O) groups excluding carboxylic acids is 2. The van der Waals surface area contributed by atoms with Gasteiger partial charge in [0.15, 0.2) is 0 Å². The molecular formula is C10H10F3N3O2. The van der Waals surface area contributed by atoms with E-state index < -0.39 is 29.6 Å². The minimum atomic E-state index is -4.47. The first-order chi connectivity index (χ1) is 8.21. The third-order valence-corrected chi connectivity index (χ3v) is 2.13. The average Bonchev–Trinajstić information content (AvgIpc) is 2.27. The summed E-state index contributed by atoms with van der Waals surface area (Å²) in [4.78, 5) is 25.0. The summed E-state index contributed by atoms with van der Waals surface area (Å²) in [6.45, 7) is 1.47. The molecule has 0 saturated carbocycles. The fourth-order valence-corrected chi connectivity index (χ4v) is 1.17. The lowest BCUT2D eigenvalue weighted by Crippen LogP contribution is -2.37. The quantitative estimate of drug-likeness (QED) is 0.771. The Labute approximate surface area is 100 Å². The molecule has 0 unspecified atom stereocenters. The first-order valence-electron chi connectivity index (χ1n) is 4.85. The second-order valence-corrected chi connectivity index (χ2v) is 3.53. The molecule has 0 aliphatic carbocycles. The van der Waals surface area contributed by atoms with E-state index in [0.29, 0.717) is 6.20 Å². The van der Waals surface area contributed by atoms with E-state index in [9.17, 15) is 22.8 Å². The molecular weight excluding hydrogens is 251 g/mol. The van der Waals surface area contributed by atoms with Gasteiger partial charge in [0.05, 0.1) is 17.3 Å². The first-order valence-corrected chi connectivity index (χ1v) is 4.85. The number of alkyl halides is 3. The number of hydrogen-bond acceptors (Lipinski definition) is 3. The molecule has 3 N–H and O–H groups in total. The van der Waals surface area contributed by atoms with Crippen LogP contribution in [-0.2, 0) is 15.8 Å². The Kier molecular flexibility index (Phi) is 3.89. The van der Waals surface area contributed by atoms with E-state index >= 15 is 0 Å². The van der Waals surface area contributed by atoms with Crippen molar-refractivity contribution in [3.63, 3.8) is 0 Å². The van der Waals surface area contributed by atoms with Crippen molar-refractivity contribution in [3.05, 3.63) is 29.6 Å². The number of aromatic nitrogens is 1. The minimum Gasteiger partial charge on any atom is -0.361 e. The number of primary amides is 1. The Balaban J connectivity index is 2.79. The maximum Gasteiger partial charge on any atom is 0.417 e. The maximum atomic E-state index is 12.3. The van der Waals surface area contributed by atoms with Crippen molar-refractivity contribution in [1.82, 2.24) is 10.3 Å². The predicted octanol–water partition coefficient (Wildman–Crippen LogP) is 0.763. The molecule has 1 aromatic heterocycles. The van der Waals surface area contributed by atoms with Gasteiger partial charge in [-0.05, 0) is 19.1 Å². The number of nitrogens with zero attached hydrogens (tertiary/aromatic N) is 1. The Morgan fingerprint density at radius 3 is 2.39 bits per heavy atom. The van der Waals surface area contributed by atoms with Crippen LogP contribution in [0.4, 0.5) is 13.2 Å². The summed E-state index contributed by atoms with van der Waals surface area (Å²) < 4.78 is 36.8. The summed E-state index contributed by atoms with van der Waals surface area (Å²) in [5.74, 6) is -2.20. The van der Waals surface area contributed by atoms with Gasteiger partial charge in [-0.2, -0.15) is 13.2 Å². The first kappa shape index (κ1) is 13.9. The van der Waals surface area contributed by atoms with E-state index in [1.807, 2.05) is 0 Å². The molecule has 2 amide bonds. The van der Waals surface area contributed by atoms with Crippen LogP contribution in [0.5, 0.6) is 0 Å². The molecule has 1 rings (SSSR count). The van der Waals surface area contributed by atoms with Crippen molar-refractivity contribution in [1.29, 1.82) is 0 Å². The third-order valence-electron chi connectivity index (χ3n) is 2.13. The topological polar surface area (TPSA) is 85.1 Å². The van der Waals surface area contributed by atoms with E-state index in [1.165, 1.54) is 6.92 Å². The van der Waals surface area contributed by atoms with Crippen molar-refractivity contribution in [3.8, 4) is 0 Å². The van der Waals surface area contributed by atoms with Gasteiger partial charge in [-0.15, -0.1) is 0 Å². The van der Waals surface area contributed by atoms with Gasteiger partial charge in [-0.25, -0.2) is 0 Å². The molecule has 1 heterocycles. The zero-order valence-electron chi connectivity index (χ0n) is 9.28. The van der Waals surface area contributed by atoms with Crippen LogP contribution >= 0.6 is 0 Å². The standard InChI is InChI=1S/C10H10F3N3O2/c1-5(16-9(18)8(14)17)7-3-2-6(4-15-7)10(11,12)13/h2-5H,1H3,(H2,14,17)(H,16,18)/t5-/m1/s1. The highest BCUT2D eigenvalue weighted by Crippen LogP contribution is 2.28. The summed E-state index contributed by atoms with van der Waals surface area (Å²) in [6.07, 6.45) is -3.81. The van der Waals surface area contributed by atoms with E-state index in [0.717, 1.165) is 12.1 Å². The summed E-state index contributed by atoms with van der Waals surface area (Å²) >= 11 is 0. The van der Waals surface area contributed by atoms with Crippen molar-refractivity contribution in [2.75, 3.05) is 0 Å². The Morgan fingerprint density at radius 1 is 1.39 bits per heavy atom. The predicted molar refractivity (Wildman–Crippen MR) is 55.0 cm³/mol. The lowest BCUT2D eigenvalue weighted by atomic mass is 10.2. The molecule has 0 aliphatic rings. The zero-order chi connectivity index (χ0) is 13.9. The number of amides is 2. The minimum absolute atomic E-state index is 0.192. The van der Waals surface area contributed by atoms with Crippen LogP contribution in [0.3, 0.4) is 0 Å². The summed E-state index contributed by atoms with van der Waals surface area (Å²) in [5.41, 5.74) is 4.03. The van der Waals surface area contributed by atoms with Gasteiger partial charge in [-0.3, -0.25) is 14.6 Å². The highest BCUT2D eigenvalue weighted by Gasteiger charge is 2.30. The summed E-state index contributed by atoms with van der Waals surface area (Å²) in [5, 5.41) is 2.20. The molecule has 0 spiro atoms. The van der Waals surface area contributed by atoms with Gasteiger partial charge >= 0.3 is 18.0 Å². The van der Waals surface area contributed by atoms with Gasteiger partial charge in [0, 0.05) is 6.20 Å². The monoisotopic (exact) mass is 261 g/mol. The number of carbonyl (C=O) groups is 2. The number of nitrogens with one attached hydrogen (secondary N) is 1. The molecule has 0 fully saturated rings. The smallest absolute Gasteiger partial charge is 0.361 e. The normalized spacial score (nSPS) is 12.9. The lowest BCUT2D eigenvalue weighted by molar-refractivity contribution is -0.138. The molecule has 5 nitrogen and oxygen atoms in total. The fraction of sp³-hybridized carbons (Fsp3) is 0.300. The third kappa shape index (κ3) is 3.44. The van der Waals surface area contributed by atoms with Gasteiger partial charge in [0.25, 0.3) is 0 Å². The second kappa shape index (κ2) is 5.03. The molecule has 0 aliphatic heterocycles. The Bertz CT molecular complexity index is 456. The Morgan fingerprint density at radius 2 is 2.00 bits per heavy atom. The number of pyridine rings is 1. The van der Waals surface area contributed by atoms with E-state index in [4.69, 9.17) is 5.73 Å². The van der Waals surface area contributed by atoms with E-state index in [1.54, 1.807) is 0 Å². The van der Waals surface area contributed by atoms with Crippen molar-refractivity contribution in [2.45, 2.75) is 19.1 Å². The molecule has 0 saturated heterocycles. The Hall–Kier alpha value is -2.12. The SMILES string of the molecule is C[C@@H](NC(=O)C(N)=O)c1ccc(C(F)(F)F)cn1. The number of hydrogen-bond donors (Lipinski definition) is 2. The molecule has 1 atom stereocenters. The van der Waals surface area contributed by atoms with Crippen LogP contribution < -0.4 is 11.1 Å². The van der Waals surface area contributed by atoms with Crippen LogP contribution in [0.15, 0.2) is 18.3 Å². The van der Waals surface area contributed by atoms with Crippen molar-refractivity contribution < 1.29 is 22.8 Å². The molecule has 8 heteroatoms. The second-order valence-electron chi connectivity index (χ2n) is 3.53. The lowest BCUT2D eigenvalue weighted by Gasteiger charge is -2.13. The highest BCUT2D eigenvalue weighted by atomic mass is 19.4. The summed E-state index contributed by atoms with van der Waals surface area (Å²) in [6, 6.07) is 1.25. The van der Waals surface area contributed by atoms with Crippen molar-refractivity contribution >= 4 is 11.8 Å². The number of nitrogens with two attached hydrogens (primary N) is 1. The number of rotatable bonds is 2. The van der Waals surface area contributed by atoms with Crippen LogP contribution in [0.2, 0.25) is 0 Å². The molecule has 18 heavy (non-hydrogen) atoms. The van der Waals surface area contributed by atoms with Crippen molar-refractivity contribution in [2.24, 2.45) is 5.73 Å². The van der Waals surface area contributed by atoms with Crippen LogP contribution in [0.25, 0.3) is 0 Å². The van der Waals surface area contributed by atoms with Gasteiger partial charge in [-0.1, -0.05) is 0 Å². The van der Waals surface area contributed by atoms with Crippen LogP contribution in [0.1, 0.15) is 24.2 Å². The largest absolute Gasteiger partial charge is 0.417 e. The molecule has 0 aromatic carbocycles. The van der Waals surface area contributed by atoms with Crippen LogP contribution in [-0.4, -0.2) is 16.8 Å². The van der Waals surface area contributed by atoms with Gasteiger partial charge in [0.2, 0.25) is 0 Å². The van der Waals surface area contributed by atoms with Gasteiger partial charge in [0.1, 0.15) is 0 Å². The van der Waals surface area contributed by atoms with E-state index in [2.05, 4.69) is 10.3 Å².